The largest absolute Gasteiger partial charge is 0.369 e. The van der Waals surface area contributed by atoms with Crippen molar-refractivity contribution in [3.8, 4) is 0 Å². The lowest BCUT2D eigenvalue weighted by Crippen LogP contribution is -2.27. The van der Waals surface area contributed by atoms with E-state index < -0.39 is 0 Å². The Morgan fingerprint density at radius 1 is 1.39 bits per heavy atom. The van der Waals surface area contributed by atoms with Gasteiger partial charge in [-0.25, -0.2) is 0 Å². The van der Waals surface area contributed by atoms with Gasteiger partial charge in [0, 0.05) is 31.6 Å². The summed E-state index contributed by atoms with van der Waals surface area (Å²) < 4.78 is 0. The maximum atomic E-state index is 4.30. The minimum absolute atomic E-state index is 0.954. The molecule has 1 aliphatic rings. The van der Waals surface area contributed by atoms with E-state index in [0.717, 1.165) is 19.6 Å². The van der Waals surface area contributed by atoms with E-state index in [2.05, 4.69) is 40.0 Å². The zero-order valence-electron chi connectivity index (χ0n) is 11.2. The Morgan fingerprint density at radius 2 is 2.33 bits per heavy atom. The van der Waals surface area contributed by atoms with Gasteiger partial charge in [-0.05, 0) is 36.8 Å². The van der Waals surface area contributed by atoms with Gasteiger partial charge in [0.15, 0.2) is 0 Å². The van der Waals surface area contributed by atoms with Crippen LogP contribution in [0.4, 0.5) is 5.69 Å². The average molecular weight is 265 g/mol. The number of hydrogen-bond donors (Lipinski definition) is 1. The van der Waals surface area contributed by atoms with Crippen molar-refractivity contribution >= 4 is 17.4 Å². The molecule has 18 heavy (non-hydrogen) atoms. The van der Waals surface area contributed by atoms with Crippen molar-refractivity contribution in [3.63, 3.8) is 0 Å². The zero-order valence-corrected chi connectivity index (χ0v) is 12.0. The molecule has 1 aliphatic heterocycles. The van der Waals surface area contributed by atoms with Crippen LogP contribution in [0.25, 0.3) is 0 Å². The number of aromatic nitrogens is 1. The normalized spacial score (nSPS) is 16.6. The molecule has 4 heteroatoms. The smallest absolute Gasteiger partial charge is 0.0598 e. The zero-order chi connectivity index (χ0) is 12.6. The number of nitrogens with zero attached hydrogens (tertiary/aromatic N) is 2. The fourth-order valence-electron chi connectivity index (χ4n) is 2.24. The lowest BCUT2D eigenvalue weighted by atomic mass is 10.2. The van der Waals surface area contributed by atoms with Crippen LogP contribution in [0.3, 0.4) is 0 Å². The number of rotatable bonds is 5. The summed E-state index contributed by atoms with van der Waals surface area (Å²) in [5.41, 5.74) is 2.70. The molecule has 0 aliphatic carbocycles. The second kappa shape index (κ2) is 7.64. The molecule has 100 valence electrons. The fourth-order valence-corrected chi connectivity index (χ4v) is 3.12. The van der Waals surface area contributed by atoms with Crippen LogP contribution in [-0.2, 0) is 6.54 Å². The molecule has 2 rings (SSSR count). The van der Waals surface area contributed by atoms with Crippen LogP contribution in [0, 0.1) is 0 Å². The van der Waals surface area contributed by atoms with E-state index in [1.165, 1.54) is 42.1 Å². The van der Waals surface area contributed by atoms with Gasteiger partial charge >= 0.3 is 0 Å². The molecule has 0 unspecified atom stereocenters. The van der Waals surface area contributed by atoms with Gasteiger partial charge in [-0.15, -0.1) is 0 Å². The van der Waals surface area contributed by atoms with Crippen molar-refractivity contribution < 1.29 is 0 Å². The van der Waals surface area contributed by atoms with E-state index in [0.29, 0.717) is 0 Å². The molecule has 0 aromatic carbocycles. The van der Waals surface area contributed by atoms with Crippen molar-refractivity contribution in [3.05, 3.63) is 24.0 Å². The van der Waals surface area contributed by atoms with Gasteiger partial charge in [0.1, 0.15) is 0 Å². The van der Waals surface area contributed by atoms with E-state index in [1.54, 1.807) is 0 Å². The number of thioether (sulfide) groups is 1. The first kappa shape index (κ1) is 13.7. The van der Waals surface area contributed by atoms with Gasteiger partial charge in [-0.1, -0.05) is 6.92 Å². The molecular formula is C14H23N3S. The maximum Gasteiger partial charge on any atom is 0.0598 e. The number of hydrogen-bond acceptors (Lipinski definition) is 4. The molecule has 1 aromatic heterocycles. The quantitative estimate of drug-likeness (QED) is 0.828. The van der Waals surface area contributed by atoms with Gasteiger partial charge in [0.2, 0.25) is 0 Å². The number of nitrogens with one attached hydrogen (secondary N) is 1. The molecule has 0 spiro atoms. The van der Waals surface area contributed by atoms with Crippen molar-refractivity contribution in [2.75, 3.05) is 36.0 Å². The first-order valence-corrected chi connectivity index (χ1v) is 8.03. The molecule has 0 bridgehead atoms. The monoisotopic (exact) mass is 265 g/mol. The molecule has 0 atom stereocenters. The van der Waals surface area contributed by atoms with Gasteiger partial charge in [0.05, 0.1) is 11.9 Å². The molecule has 1 saturated heterocycles. The topological polar surface area (TPSA) is 28.2 Å². The highest BCUT2D eigenvalue weighted by Gasteiger charge is 2.13. The third-order valence-corrected chi connectivity index (χ3v) is 4.24. The Labute approximate surface area is 114 Å². The lowest BCUT2D eigenvalue weighted by molar-refractivity contribution is 0.671. The Balaban J connectivity index is 2.05. The number of pyridine rings is 1. The Morgan fingerprint density at radius 3 is 3.22 bits per heavy atom. The van der Waals surface area contributed by atoms with Crippen molar-refractivity contribution in [1.82, 2.24) is 10.3 Å². The molecule has 1 fully saturated rings. The van der Waals surface area contributed by atoms with Gasteiger partial charge in [-0.3, -0.25) is 4.98 Å². The molecule has 1 aromatic rings. The highest BCUT2D eigenvalue weighted by molar-refractivity contribution is 7.99. The summed E-state index contributed by atoms with van der Waals surface area (Å²) in [7, 11) is 0. The third-order valence-electron chi connectivity index (χ3n) is 3.19. The van der Waals surface area contributed by atoms with E-state index in [4.69, 9.17) is 0 Å². The summed E-state index contributed by atoms with van der Waals surface area (Å²) in [5, 5.41) is 3.49. The Kier molecular flexibility index (Phi) is 5.81. The average Bonchev–Trinajstić information content (AvgIpc) is 2.68. The van der Waals surface area contributed by atoms with Gasteiger partial charge in [-0.2, -0.15) is 11.8 Å². The predicted octanol–water partition coefficient (Wildman–Crippen LogP) is 2.52. The van der Waals surface area contributed by atoms with E-state index in [-0.39, 0.29) is 0 Å². The van der Waals surface area contributed by atoms with Crippen LogP contribution in [-0.4, -0.2) is 36.1 Å². The second-order valence-corrected chi connectivity index (χ2v) is 5.86. The highest BCUT2D eigenvalue weighted by Crippen LogP contribution is 2.22. The number of anilines is 1. The summed E-state index contributed by atoms with van der Waals surface area (Å²) in [4.78, 5) is 6.80. The molecule has 0 amide bonds. The lowest BCUT2D eigenvalue weighted by Gasteiger charge is -2.24. The Bertz CT molecular complexity index is 349. The molecule has 0 radical (unpaired) electrons. The summed E-state index contributed by atoms with van der Waals surface area (Å²) in [6.45, 7) is 6.55. The van der Waals surface area contributed by atoms with Crippen LogP contribution in [0.15, 0.2) is 18.5 Å². The standard InChI is InChI=1S/C14H23N3S/c1-2-5-15-11-13-4-6-16-12-14(13)17-7-3-9-18-10-8-17/h4,6,12,15H,2-3,5,7-11H2,1H3. The van der Waals surface area contributed by atoms with E-state index >= 15 is 0 Å². The van der Waals surface area contributed by atoms with Crippen molar-refractivity contribution in [2.45, 2.75) is 26.3 Å². The fraction of sp³-hybridized carbons (Fsp3) is 0.643. The first-order valence-electron chi connectivity index (χ1n) is 6.88. The minimum atomic E-state index is 0.954. The summed E-state index contributed by atoms with van der Waals surface area (Å²) >= 11 is 2.06. The SMILES string of the molecule is CCCNCc1ccncc1N1CCCSCC1. The molecule has 2 heterocycles. The van der Waals surface area contributed by atoms with Crippen LogP contribution < -0.4 is 10.2 Å². The summed E-state index contributed by atoms with van der Waals surface area (Å²) in [6.07, 6.45) is 6.39. The molecule has 3 nitrogen and oxygen atoms in total. The Hall–Kier alpha value is -0.740. The second-order valence-electron chi connectivity index (χ2n) is 4.63. The summed E-state index contributed by atoms with van der Waals surface area (Å²) in [6, 6.07) is 2.15. The third kappa shape index (κ3) is 3.89. The van der Waals surface area contributed by atoms with Crippen LogP contribution >= 0.6 is 11.8 Å². The van der Waals surface area contributed by atoms with Crippen LogP contribution in [0.1, 0.15) is 25.3 Å². The van der Waals surface area contributed by atoms with E-state index in [9.17, 15) is 0 Å². The van der Waals surface area contributed by atoms with Crippen LogP contribution in [0.2, 0.25) is 0 Å². The van der Waals surface area contributed by atoms with Crippen molar-refractivity contribution in [2.24, 2.45) is 0 Å². The molecule has 1 N–H and O–H groups in total. The van der Waals surface area contributed by atoms with Gasteiger partial charge < -0.3 is 10.2 Å². The molecule has 0 saturated carbocycles. The highest BCUT2D eigenvalue weighted by atomic mass is 32.2. The minimum Gasteiger partial charge on any atom is -0.369 e. The van der Waals surface area contributed by atoms with Gasteiger partial charge in [0.25, 0.3) is 0 Å². The predicted molar refractivity (Wildman–Crippen MR) is 80.4 cm³/mol. The van der Waals surface area contributed by atoms with Crippen molar-refractivity contribution in [1.29, 1.82) is 0 Å². The van der Waals surface area contributed by atoms with E-state index in [1.807, 2.05) is 12.4 Å². The summed E-state index contributed by atoms with van der Waals surface area (Å²) in [5.74, 6) is 2.52. The molecular weight excluding hydrogens is 242 g/mol. The maximum absolute atomic E-state index is 4.30. The first-order chi connectivity index (χ1) is 8.92. The van der Waals surface area contributed by atoms with Crippen LogP contribution in [0.5, 0.6) is 0 Å².